The lowest BCUT2D eigenvalue weighted by atomic mass is 9.94. The zero-order chi connectivity index (χ0) is 14.3. The fourth-order valence-corrected chi connectivity index (χ4v) is 2.20. The highest BCUT2D eigenvalue weighted by atomic mass is 16.1. The predicted octanol–water partition coefficient (Wildman–Crippen LogP) is 2.27. The largest absolute Gasteiger partial charge is 0.348 e. The van der Waals surface area contributed by atoms with Crippen LogP contribution in [0.2, 0.25) is 0 Å². The molecule has 0 saturated carbocycles. The first-order valence-corrected chi connectivity index (χ1v) is 6.93. The highest BCUT2D eigenvalue weighted by Gasteiger charge is 2.16. The molecule has 0 aliphatic rings. The molecule has 0 aliphatic carbocycles. The Hall–Kier alpha value is -1.42. The quantitative estimate of drug-likeness (QED) is 0.793. The average molecular weight is 263 g/mol. The molecule has 4 nitrogen and oxygen atoms in total. The van der Waals surface area contributed by atoms with Crippen LogP contribution < -0.4 is 11.1 Å². The van der Waals surface area contributed by atoms with Crippen LogP contribution in [-0.2, 0) is 4.79 Å². The first-order valence-electron chi connectivity index (χ1n) is 6.93. The summed E-state index contributed by atoms with van der Waals surface area (Å²) in [5.74, 6) is 0.875. The van der Waals surface area contributed by atoms with Crippen molar-refractivity contribution in [2.75, 3.05) is 6.54 Å². The summed E-state index contributed by atoms with van der Waals surface area (Å²) < 4.78 is 0. The zero-order valence-electron chi connectivity index (χ0n) is 12.1. The molecule has 19 heavy (non-hydrogen) atoms. The van der Waals surface area contributed by atoms with Crippen molar-refractivity contribution in [1.29, 1.82) is 0 Å². The number of hydrogen-bond acceptors (Lipinski definition) is 3. The molecule has 0 aromatic carbocycles. The van der Waals surface area contributed by atoms with E-state index in [1.165, 1.54) is 0 Å². The predicted molar refractivity (Wildman–Crippen MR) is 77.4 cm³/mol. The van der Waals surface area contributed by atoms with Crippen molar-refractivity contribution in [3.8, 4) is 0 Å². The van der Waals surface area contributed by atoms with Crippen LogP contribution in [0.25, 0.3) is 0 Å². The van der Waals surface area contributed by atoms with E-state index in [4.69, 9.17) is 5.73 Å². The molecule has 1 unspecified atom stereocenters. The maximum Gasteiger partial charge on any atom is 0.220 e. The molecule has 4 heteroatoms. The summed E-state index contributed by atoms with van der Waals surface area (Å²) in [7, 11) is 0. The Morgan fingerprint density at radius 1 is 1.37 bits per heavy atom. The third-order valence-electron chi connectivity index (χ3n) is 3.12. The number of nitrogens with zero attached hydrogens (tertiary/aromatic N) is 1. The van der Waals surface area contributed by atoms with Crippen molar-refractivity contribution < 1.29 is 4.79 Å². The second kappa shape index (κ2) is 7.89. The van der Waals surface area contributed by atoms with Gasteiger partial charge in [0, 0.05) is 12.6 Å². The second-order valence-corrected chi connectivity index (χ2v) is 5.48. The van der Waals surface area contributed by atoms with Crippen LogP contribution in [0.3, 0.4) is 0 Å². The molecular weight excluding hydrogens is 238 g/mol. The molecule has 0 saturated heterocycles. The lowest BCUT2D eigenvalue weighted by molar-refractivity contribution is -0.122. The van der Waals surface area contributed by atoms with Crippen molar-refractivity contribution in [3.63, 3.8) is 0 Å². The molecule has 106 valence electrons. The highest BCUT2D eigenvalue weighted by Crippen LogP contribution is 2.15. The molecule has 3 N–H and O–H groups in total. The van der Waals surface area contributed by atoms with E-state index < -0.39 is 0 Å². The first kappa shape index (κ1) is 15.6. The highest BCUT2D eigenvalue weighted by molar-refractivity contribution is 5.76. The Morgan fingerprint density at radius 3 is 2.63 bits per heavy atom. The van der Waals surface area contributed by atoms with Gasteiger partial charge in [-0.05, 0) is 43.9 Å². The number of pyridine rings is 1. The molecule has 1 heterocycles. The van der Waals surface area contributed by atoms with Gasteiger partial charge < -0.3 is 11.1 Å². The summed E-state index contributed by atoms with van der Waals surface area (Å²) in [6.45, 7) is 6.80. The van der Waals surface area contributed by atoms with Crippen LogP contribution in [0.1, 0.15) is 45.3 Å². The molecule has 0 bridgehead atoms. The van der Waals surface area contributed by atoms with Gasteiger partial charge in [0.15, 0.2) is 0 Å². The molecule has 1 aromatic heterocycles. The van der Waals surface area contributed by atoms with Crippen LogP contribution in [0, 0.1) is 11.8 Å². The van der Waals surface area contributed by atoms with Gasteiger partial charge >= 0.3 is 0 Å². The molecule has 0 aliphatic heterocycles. The van der Waals surface area contributed by atoms with Gasteiger partial charge in [-0.25, -0.2) is 0 Å². The van der Waals surface area contributed by atoms with Crippen LogP contribution in [0.4, 0.5) is 0 Å². The summed E-state index contributed by atoms with van der Waals surface area (Å²) in [4.78, 5) is 16.2. The second-order valence-electron chi connectivity index (χ2n) is 5.48. The molecule has 0 spiro atoms. The van der Waals surface area contributed by atoms with Gasteiger partial charge in [-0.3, -0.25) is 9.78 Å². The number of rotatable bonds is 7. The third kappa shape index (κ3) is 5.83. The Bertz CT molecular complexity index is 378. The van der Waals surface area contributed by atoms with E-state index in [9.17, 15) is 4.79 Å². The Kier molecular flexibility index (Phi) is 6.50. The minimum Gasteiger partial charge on any atom is -0.348 e. The van der Waals surface area contributed by atoms with E-state index in [1.54, 1.807) is 6.20 Å². The maximum atomic E-state index is 12.0. The minimum absolute atomic E-state index is 0.0502. The van der Waals surface area contributed by atoms with E-state index in [0.717, 1.165) is 12.1 Å². The number of carbonyl (C=O) groups excluding carboxylic acids is 1. The van der Waals surface area contributed by atoms with Crippen molar-refractivity contribution in [2.45, 2.75) is 39.7 Å². The van der Waals surface area contributed by atoms with E-state index >= 15 is 0 Å². The van der Waals surface area contributed by atoms with Gasteiger partial charge in [0.25, 0.3) is 0 Å². The number of carbonyl (C=O) groups is 1. The molecular formula is C15H25N3O. The third-order valence-corrected chi connectivity index (χ3v) is 3.12. The lowest BCUT2D eigenvalue weighted by Gasteiger charge is -2.18. The molecule has 2 atom stereocenters. The smallest absolute Gasteiger partial charge is 0.220 e. The minimum atomic E-state index is -0.0637. The summed E-state index contributed by atoms with van der Waals surface area (Å²) in [6, 6.07) is 5.64. The molecule has 0 fully saturated rings. The molecule has 0 radical (unpaired) electrons. The Morgan fingerprint density at radius 2 is 2.11 bits per heavy atom. The SMILES string of the molecule is CC(C)C[C@H](CN)CC(=O)NC(C)c1ccccn1. The molecule has 1 amide bonds. The van der Waals surface area contributed by atoms with E-state index in [-0.39, 0.29) is 17.9 Å². The van der Waals surface area contributed by atoms with Crippen molar-refractivity contribution >= 4 is 5.91 Å². The van der Waals surface area contributed by atoms with E-state index in [2.05, 4.69) is 24.1 Å². The van der Waals surface area contributed by atoms with Gasteiger partial charge in [0.05, 0.1) is 11.7 Å². The van der Waals surface area contributed by atoms with Crippen LogP contribution in [0.15, 0.2) is 24.4 Å². The van der Waals surface area contributed by atoms with E-state index in [0.29, 0.717) is 18.9 Å². The Labute approximate surface area is 115 Å². The van der Waals surface area contributed by atoms with Gasteiger partial charge in [0.1, 0.15) is 0 Å². The zero-order valence-corrected chi connectivity index (χ0v) is 12.1. The topological polar surface area (TPSA) is 68.0 Å². The van der Waals surface area contributed by atoms with Crippen LogP contribution >= 0.6 is 0 Å². The molecule has 1 aromatic rings. The van der Waals surface area contributed by atoms with Crippen molar-refractivity contribution in [3.05, 3.63) is 30.1 Å². The van der Waals surface area contributed by atoms with Gasteiger partial charge in [-0.1, -0.05) is 19.9 Å². The van der Waals surface area contributed by atoms with Crippen molar-refractivity contribution in [2.24, 2.45) is 17.6 Å². The average Bonchev–Trinajstić information content (AvgIpc) is 2.38. The summed E-state index contributed by atoms with van der Waals surface area (Å²) in [5, 5.41) is 2.98. The summed E-state index contributed by atoms with van der Waals surface area (Å²) >= 11 is 0. The van der Waals surface area contributed by atoms with E-state index in [1.807, 2.05) is 25.1 Å². The van der Waals surface area contributed by atoms with Crippen LogP contribution in [0.5, 0.6) is 0 Å². The number of nitrogens with two attached hydrogens (primary N) is 1. The first-order chi connectivity index (χ1) is 9.02. The number of aromatic nitrogens is 1. The van der Waals surface area contributed by atoms with Crippen LogP contribution in [-0.4, -0.2) is 17.4 Å². The normalized spacial score (nSPS) is 14.2. The molecule has 1 rings (SSSR count). The Balaban J connectivity index is 2.46. The van der Waals surface area contributed by atoms with Gasteiger partial charge in [-0.15, -0.1) is 0 Å². The number of nitrogens with one attached hydrogen (secondary N) is 1. The van der Waals surface area contributed by atoms with Gasteiger partial charge in [0.2, 0.25) is 5.91 Å². The monoisotopic (exact) mass is 263 g/mol. The fourth-order valence-electron chi connectivity index (χ4n) is 2.20. The summed E-state index contributed by atoms with van der Waals surface area (Å²) in [5.41, 5.74) is 6.60. The summed E-state index contributed by atoms with van der Waals surface area (Å²) in [6.07, 6.45) is 3.22. The van der Waals surface area contributed by atoms with Gasteiger partial charge in [-0.2, -0.15) is 0 Å². The number of amides is 1. The maximum absolute atomic E-state index is 12.0. The standard InChI is InChI=1S/C15H25N3O/c1-11(2)8-13(10-16)9-15(19)18-12(3)14-6-4-5-7-17-14/h4-7,11-13H,8-10,16H2,1-3H3,(H,18,19)/t12?,13-/m0/s1. The fraction of sp³-hybridized carbons (Fsp3) is 0.600. The lowest BCUT2D eigenvalue weighted by Crippen LogP contribution is -2.31. The number of hydrogen-bond donors (Lipinski definition) is 2. The van der Waals surface area contributed by atoms with Crippen molar-refractivity contribution in [1.82, 2.24) is 10.3 Å².